The number of carbonyl (C=O) groups excluding carboxylic acids is 2. The maximum Gasteiger partial charge on any atom is 0.343 e. The predicted molar refractivity (Wildman–Crippen MR) is 102 cm³/mol. The van der Waals surface area contributed by atoms with Crippen molar-refractivity contribution < 1.29 is 18.7 Å². The van der Waals surface area contributed by atoms with E-state index < -0.39 is 11.8 Å². The van der Waals surface area contributed by atoms with Crippen LogP contribution in [0.15, 0.2) is 78.9 Å². The molecule has 0 N–H and O–H groups in total. The fourth-order valence-corrected chi connectivity index (χ4v) is 2.38. The van der Waals surface area contributed by atoms with E-state index in [0.717, 1.165) is 11.1 Å². The Morgan fingerprint density at radius 3 is 2.04 bits per heavy atom. The minimum Gasteiger partial charge on any atom is -0.423 e. The number of allylic oxidation sites excluding steroid dienone is 1. The standard InChI is InChI=1S/C23H17FO3/c1-16-2-7-18(8-3-16)22(25)15-6-17-4-13-21(14-5-17)27-23(26)19-9-11-20(24)12-10-19/h2-15H,1H3/b15-6+. The van der Waals surface area contributed by atoms with Crippen LogP contribution in [0.25, 0.3) is 6.08 Å². The number of halogens is 1. The van der Waals surface area contributed by atoms with Crippen molar-refractivity contribution in [3.05, 3.63) is 107 Å². The number of aryl methyl sites for hydroxylation is 1. The van der Waals surface area contributed by atoms with Crippen LogP contribution < -0.4 is 4.74 Å². The zero-order valence-electron chi connectivity index (χ0n) is 14.7. The molecule has 4 heteroatoms. The van der Waals surface area contributed by atoms with Gasteiger partial charge in [0, 0.05) is 5.56 Å². The maximum absolute atomic E-state index is 12.9. The highest BCUT2D eigenvalue weighted by atomic mass is 19.1. The summed E-state index contributed by atoms with van der Waals surface area (Å²) in [5.74, 6) is -0.691. The van der Waals surface area contributed by atoms with Gasteiger partial charge in [0.2, 0.25) is 0 Å². The number of benzene rings is 3. The van der Waals surface area contributed by atoms with Crippen molar-refractivity contribution >= 4 is 17.8 Å². The third-order valence-corrected chi connectivity index (χ3v) is 3.93. The van der Waals surface area contributed by atoms with Gasteiger partial charge in [-0.25, -0.2) is 9.18 Å². The molecule has 0 heterocycles. The molecule has 3 rings (SSSR count). The SMILES string of the molecule is Cc1ccc(C(=O)/C=C/c2ccc(OC(=O)c3ccc(F)cc3)cc2)cc1. The Hall–Kier alpha value is -3.53. The lowest BCUT2D eigenvalue weighted by molar-refractivity contribution is 0.0734. The number of hydrogen-bond acceptors (Lipinski definition) is 3. The van der Waals surface area contributed by atoms with Crippen LogP contribution in [-0.2, 0) is 0 Å². The Morgan fingerprint density at radius 1 is 0.815 bits per heavy atom. The average molecular weight is 360 g/mol. The molecule has 3 aromatic carbocycles. The highest BCUT2D eigenvalue weighted by Crippen LogP contribution is 2.16. The Bertz CT molecular complexity index is 970. The quantitative estimate of drug-likeness (QED) is 0.270. The zero-order valence-corrected chi connectivity index (χ0v) is 14.7. The summed E-state index contributed by atoms with van der Waals surface area (Å²) in [7, 11) is 0. The van der Waals surface area contributed by atoms with Crippen LogP contribution in [0.4, 0.5) is 4.39 Å². The molecule has 27 heavy (non-hydrogen) atoms. The van der Waals surface area contributed by atoms with Crippen molar-refractivity contribution in [2.75, 3.05) is 0 Å². The summed E-state index contributed by atoms with van der Waals surface area (Å²) in [6, 6.07) is 19.3. The van der Waals surface area contributed by atoms with Crippen LogP contribution in [0, 0.1) is 12.7 Å². The van der Waals surface area contributed by atoms with Crippen LogP contribution in [0.5, 0.6) is 5.75 Å². The number of ketones is 1. The van der Waals surface area contributed by atoms with Crippen LogP contribution in [0.1, 0.15) is 31.8 Å². The van der Waals surface area contributed by atoms with E-state index in [1.165, 1.54) is 30.3 Å². The van der Waals surface area contributed by atoms with Gasteiger partial charge >= 0.3 is 5.97 Å². The third-order valence-electron chi connectivity index (χ3n) is 3.93. The minimum absolute atomic E-state index is 0.0817. The van der Waals surface area contributed by atoms with Crippen LogP contribution in [-0.4, -0.2) is 11.8 Å². The first kappa shape index (κ1) is 18.3. The summed E-state index contributed by atoms with van der Waals surface area (Å²) in [6.45, 7) is 1.97. The summed E-state index contributed by atoms with van der Waals surface area (Å²) >= 11 is 0. The molecule has 0 aliphatic carbocycles. The van der Waals surface area contributed by atoms with Gasteiger partial charge in [-0.2, -0.15) is 0 Å². The monoisotopic (exact) mass is 360 g/mol. The molecule has 0 atom stereocenters. The van der Waals surface area contributed by atoms with Crippen molar-refractivity contribution in [3.63, 3.8) is 0 Å². The summed E-state index contributed by atoms with van der Waals surface area (Å²) in [4.78, 5) is 24.1. The second-order valence-corrected chi connectivity index (χ2v) is 6.03. The number of esters is 1. The molecule has 0 aliphatic heterocycles. The molecule has 0 aliphatic rings. The molecule has 0 fully saturated rings. The van der Waals surface area contributed by atoms with E-state index in [4.69, 9.17) is 4.74 Å². The van der Waals surface area contributed by atoms with Gasteiger partial charge in [-0.3, -0.25) is 4.79 Å². The molecule has 0 unspecified atom stereocenters. The number of carbonyl (C=O) groups is 2. The lowest BCUT2D eigenvalue weighted by atomic mass is 10.1. The highest BCUT2D eigenvalue weighted by Gasteiger charge is 2.08. The summed E-state index contributed by atoms with van der Waals surface area (Å²) in [5.41, 5.74) is 2.80. The first-order valence-corrected chi connectivity index (χ1v) is 8.38. The second kappa shape index (κ2) is 8.23. The zero-order chi connectivity index (χ0) is 19.2. The topological polar surface area (TPSA) is 43.4 Å². The molecule has 0 amide bonds. The smallest absolute Gasteiger partial charge is 0.343 e. The minimum atomic E-state index is -0.562. The van der Waals surface area contributed by atoms with Crippen LogP contribution >= 0.6 is 0 Å². The van der Waals surface area contributed by atoms with E-state index in [0.29, 0.717) is 11.3 Å². The van der Waals surface area contributed by atoms with E-state index in [9.17, 15) is 14.0 Å². The van der Waals surface area contributed by atoms with Crippen molar-refractivity contribution in [1.82, 2.24) is 0 Å². The van der Waals surface area contributed by atoms with Gasteiger partial charge in [0.05, 0.1) is 5.56 Å². The molecule has 0 aromatic heterocycles. The highest BCUT2D eigenvalue weighted by molar-refractivity contribution is 6.06. The number of hydrogen-bond donors (Lipinski definition) is 0. The maximum atomic E-state index is 12.9. The largest absolute Gasteiger partial charge is 0.423 e. The van der Waals surface area contributed by atoms with Gasteiger partial charge in [0.25, 0.3) is 0 Å². The fraction of sp³-hybridized carbons (Fsp3) is 0.0435. The van der Waals surface area contributed by atoms with E-state index >= 15 is 0 Å². The molecule has 3 aromatic rings. The van der Waals surface area contributed by atoms with Gasteiger partial charge in [-0.05, 0) is 55.0 Å². The molecule has 0 bridgehead atoms. The lowest BCUT2D eigenvalue weighted by Gasteiger charge is -2.04. The summed E-state index contributed by atoms with van der Waals surface area (Å²) < 4.78 is 18.1. The van der Waals surface area contributed by atoms with Crippen molar-refractivity contribution in [3.8, 4) is 5.75 Å². The molecule has 0 radical (unpaired) electrons. The summed E-state index contributed by atoms with van der Waals surface area (Å²) in [5, 5.41) is 0. The predicted octanol–water partition coefficient (Wildman–Crippen LogP) is 5.25. The van der Waals surface area contributed by atoms with Gasteiger partial charge in [-0.15, -0.1) is 0 Å². The van der Waals surface area contributed by atoms with Crippen LogP contribution in [0.3, 0.4) is 0 Å². The lowest BCUT2D eigenvalue weighted by Crippen LogP contribution is -2.08. The number of ether oxygens (including phenoxy) is 1. The van der Waals surface area contributed by atoms with Crippen molar-refractivity contribution in [2.24, 2.45) is 0 Å². The van der Waals surface area contributed by atoms with Crippen LogP contribution in [0.2, 0.25) is 0 Å². The third kappa shape index (κ3) is 4.98. The Kier molecular flexibility index (Phi) is 5.57. The van der Waals surface area contributed by atoms with Gasteiger partial charge in [0.15, 0.2) is 5.78 Å². The van der Waals surface area contributed by atoms with Gasteiger partial charge in [-0.1, -0.05) is 48.0 Å². The van der Waals surface area contributed by atoms with E-state index in [1.54, 1.807) is 42.5 Å². The molecule has 134 valence electrons. The molecular formula is C23H17FO3. The Balaban J connectivity index is 1.62. The fourth-order valence-electron chi connectivity index (χ4n) is 2.38. The first-order chi connectivity index (χ1) is 13.0. The summed E-state index contributed by atoms with van der Waals surface area (Å²) in [6.07, 6.45) is 3.21. The second-order valence-electron chi connectivity index (χ2n) is 6.03. The Morgan fingerprint density at radius 2 is 1.41 bits per heavy atom. The number of rotatable bonds is 5. The molecular weight excluding hydrogens is 343 g/mol. The van der Waals surface area contributed by atoms with Gasteiger partial charge < -0.3 is 4.74 Å². The van der Waals surface area contributed by atoms with Crippen molar-refractivity contribution in [1.29, 1.82) is 0 Å². The van der Waals surface area contributed by atoms with E-state index in [1.807, 2.05) is 19.1 Å². The average Bonchev–Trinajstić information content (AvgIpc) is 2.68. The van der Waals surface area contributed by atoms with Crippen molar-refractivity contribution in [2.45, 2.75) is 6.92 Å². The molecule has 3 nitrogen and oxygen atoms in total. The molecule has 0 saturated carbocycles. The Labute approximate surface area is 156 Å². The van der Waals surface area contributed by atoms with E-state index in [-0.39, 0.29) is 11.3 Å². The normalized spacial score (nSPS) is 10.7. The van der Waals surface area contributed by atoms with Gasteiger partial charge in [0.1, 0.15) is 11.6 Å². The molecule has 0 spiro atoms. The first-order valence-electron chi connectivity index (χ1n) is 8.38. The van der Waals surface area contributed by atoms with E-state index in [2.05, 4.69) is 0 Å². The molecule has 0 saturated heterocycles.